The van der Waals surface area contributed by atoms with Gasteiger partial charge < -0.3 is 19.7 Å². The average Bonchev–Trinajstić information content (AvgIpc) is 2.62. The van der Waals surface area contributed by atoms with E-state index in [0.717, 1.165) is 35.8 Å². The van der Waals surface area contributed by atoms with Crippen LogP contribution in [0.4, 0.5) is 11.4 Å². The molecule has 0 aliphatic carbocycles. The SMILES string of the molecule is COc1ccccc1CC(=O)Nc1ccc(N2CC(C)OC(C)C2)cc1. The fourth-order valence-corrected chi connectivity index (χ4v) is 3.37. The molecule has 0 saturated carbocycles. The standard InChI is InChI=1S/C21H26N2O3/c1-15-13-23(14-16(2)26-15)19-10-8-18(9-11-19)22-21(24)12-17-6-4-5-7-20(17)25-3/h4-11,15-16H,12-14H2,1-3H3,(H,22,24). The number of para-hydroxylation sites is 1. The van der Waals surface area contributed by atoms with E-state index in [0.29, 0.717) is 0 Å². The number of carbonyl (C=O) groups excluding carboxylic acids is 1. The first-order valence-corrected chi connectivity index (χ1v) is 8.97. The lowest BCUT2D eigenvalue weighted by molar-refractivity contribution is -0.115. The molecule has 5 nitrogen and oxygen atoms in total. The molecule has 0 spiro atoms. The number of carbonyl (C=O) groups is 1. The van der Waals surface area contributed by atoms with Gasteiger partial charge in [-0.3, -0.25) is 4.79 Å². The van der Waals surface area contributed by atoms with Crippen LogP contribution in [0.1, 0.15) is 19.4 Å². The molecule has 1 saturated heterocycles. The third kappa shape index (κ3) is 4.55. The number of ether oxygens (including phenoxy) is 2. The maximum atomic E-state index is 12.3. The van der Waals surface area contributed by atoms with E-state index < -0.39 is 0 Å². The Kier molecular flexibility index (Phi) is 5.78. The molecule has 1 amide bonds. The van der Waals surface area contributed by atoms with Gasteiger partial charge in [-0.05, 0) is 44.2 Å². The number of morpholine rings is 1. The van der Waals surface area contributed by atoms with E-state index in [1.165, 1.54) is 0 Å². The van der Waals surface area contributed by atoms with Crippen LogP contribution in [0.15, 0.2) is 48.5 Å². The zero-order chi connectivity index (χ0) is 18.5. The second-order valence-electron chi connectivity index (χ2n) is 6.75. The van der Waals surface area contributed by atoms with Crippen LogP contribution in [0.3, 0.4) is 0 Å². The van der Waals surface area contributed by atoms with E-state index >= 15 is 0 Å². The zero-order valence-corrected chi connectivity index (χ0v) is 15.6. The van der Waals surface area contributed by atoms with E-state index in [-0.39, 0.29) is 24.5 Å². The minimum Gasteiger partial charge on any atom is -0.496 e. The number of hydrogen-bond donors (Lipinski definition) is 1. The lowest BCUT2D eigenvalue weighted by Gasteiger charge is -2.36. The summed E-state index contributed by atoms with van der Waals surface area (Å²) in [5.41, 5.74) is 2.82. The third-order valence-corrected chi connectivity index (χ3v) is 4.48. The van der Waals surface area contributed by atoms with Crippen LogP contribution in [0, 0.1) is 0 Å². The molecule has 2 atom stereocenters. The molecule has 2 aromatic carbocycles. The van der Waals surface area contributed by atoms with Crippen molar-refractivity contribution in [1.82, 2.24) is 0 Å². The Morgan fingerprint density at radius 1 is 1.12 bits per heavy atom. The van der Waals surface area contributed by atoms with Crippen LogP contribution in [0.25, 0.3) is 0 Å². The molecule has 3 rings (SSSR count). The smallest absolute Gasteiger partial charge is 0.228 e. The fraction of sp³-hybridized carbons (Fsp3) is 0.381. The summed E-state index contributed by atoms with van der Waals surface area (Å²) in [5, 5.41) is 2.95. The van der Waals surface area contributed by atoms with Crippen molar-refractivity contribution in [1.29, 1.82) is 0 Å². The molecule has 26 heavy (non-hydrogen) atoms. The van der Waals surface area contributed by atoms with Gasteiger partial charge in [-0.1, -0.05) is 18.2 Å². The first kappa shape index (κ1) is 18.3. The van der Waals surface area contributed by atoms with Crippen molar-refractivity contribution in [3.63, 3.8) is 0 Å². The first-order chi connectivity index (χ1) is 12.5. The van der Waals surface area contributed by atoms with Crippen LogP contribution in [0.5, 0.6) is 5.75 Å². The Labute approximate surface area is 154 Å². The molecule has 138 valence electrons. The molecule has 1 fully saturated rings. The number of nitrogens with one attached hydrogen (secondary N) is 1. The number of nitrogens with zero attached hydrogens (tertiary/aromatic N) is 1. The Hall–Kier alpha value is -2.53. The molecule has 1 aliphatic rings. The highest BCUT2D eigenvalue weighted by Crippen LogP contribution is 2.23. The molecule has 1 heterocycles. The number of methoxy groups -OCH3 is 1. The highest BCUT2D eigenvalue weighted by Gasteiger charge is 2.22. The normalized spacial score (nSPS) is 19.9. The summed E-state index contributed by atoms with van der Waals surface area (Å²) in [4.78, 5) is 14.6. The summed E-state index contributed by atoms with van der Waals surface area (Å²) in [7, 11) is 1.61. The van der Waals surface area contributed by atoms with E-state index in [1.807, 2.05) is 48.5 Å². The van der Waals surface area contributed by atoms with Crippen molar-refractivity contribution >= 4 is 17.3 Å². The molecule has 0 radical (unpaired) electrons. The number of hydrogen-bond acceptors (Lipinski definition) is 4. The third-order valence-electron chi connectivity index (χ3n) is 4.48. The first-order valence-electron chi connectivity index (χ1n) is 8.97. The summed E-state index contributed by atoms with van der Waals surface area (Å²) < 4.78 is 11.1. The van der Waals surface area contributed by atoms with Gasteiger partial charge in [-0.25, -0.2) is 0 Å². The van der Waals surface area contributed by atoms with Crippen molar-refractivity contribution < 1.29 is 14.3 Å². The van der Waals surface area contributed by atoms with Crippen LogP contribution < -0.4 is 15.0 Å². The van der Waals surface area contributed by atoms with Gasteiger partial charge in [0, 0.05) is 30.0 Å². The van der Waals surface area contributed by atoms with Crippen LogP contribution in [0.2, 0.25) is 0 Å². The van der Waals surface area contributed by atoms with E-state index in [4.69, 9.17) is 9.47 Å². The van der Waals surface area contributed by atoms with Gasteiger partial charge in [0.15, 0.2) is 0 Å². The minimum atomic E-state index is -0.0594. The van der Waals surface area contributed by atoms with Gasteiger partial charge in [-0.15, -0.1) is 0 Å². The van der Waals surface area contributed by atoms with E-state index in [2.05, 4.69) is 24.1 Å². The zero-order valence-electron chi connectivity index (χ0n) is 15.6. The molecule has 0 bridgehead atoms. The fourth-order valence-electron chi connectivity index (χ4n) is 3.37. The van der Waals surface area contributed by atoms with Crippen molar-refractivity contribution in [2.45, 2.75) is 32.5 Å². The van der Waals surface area contributed by atoms with Gasteiger partial charge in [0.2, 0.25) is 5.91 Å². The Balaban J connectivity index is 1.61. The molecular weight excluding hydrogens is 328 g/mol. The largest absolute Gasteiger partial charge is 0.496 e. The number of rotatable bonds is 5. The molecular formula is C21H26N2O3. The molecule has 0 aromatic heterocycles. The summed E-state index contributed by atoms with van der Waals surface area (Å²) in [6, 6.07) is 15.5. The van der Waals surface area contributed by atoms with Crippen LogP contribution >= 0.6 is 0 Å². The van der Waals surface area contributed by atoms with Gasteiger partial charge in [-0.2, -0.15) is 0 Å². The second kappa shape index (κ2) is 8.23. The monoisotopic (exact) mass is 354 g/mol. The molecule has 2 aromatic rings. The predicted octanol–water partition coefficient (Wildman–Crippen LogP) is 3.49. The Bertz CT molecular complexity index is 735. The minimum absolute atomic E-state index is 0.0594. The van der Waals surface area contributed by atoms with Gasteiger partial charge in [0.05, 0.1) is 25.7 Å². The lowest BCUT2D eigenvalue weighted by atomic mass is 10.1. The van der Waals surface area contributed by atoms with Crippen LogP contribution in [-0.2, 0) is 16.0 Å². The van der Waals surface area contributed by atoms with Crippen molar-refractivity contribution in [3.05, 3.63) is 54.1 Å². The Morgan fingerprint density at radius 2 is 1.77 bits per heavy atom. The highest BCUT2D eigenvalue weighted by atomic mass is 16.5. The average molecular weight is 354 g/mol. The van der Waals surface area contributed by atoms with Gasteiger partial charge in [0.25, 0.3) is 0 Å². The number of benzene rings is 2. The summed E-state index contributed by atoms with van der Waals surface area (Å²) in [5.74, 6) is 0.671. The van der Waals surface area contributed by atoms with Gasteiger partial charge >= 0.3 is 0 Å². The second-order valence-corrected chi connectivity index (χ2v) is 6.75. The van der Waals surface area contributed by atoms with Crippen LogP contribution in [-0.4, -0.2) is 38.3 Å². The number of anilines is 2. The summed E-state index contributed by atoms with van der Waals surface area (Å²) in [6.45, 7) is 5.94. The highest BCUT2D eigenvalue weighted by molar-refractivity contribution is 5.92. The lowest BCUT2D eigenvalue weighted by Crippen LogP contribution is -2.45. The van der Waals surface area contributed by atoms with E-state index in [1.54, 1.807) is 7.11 Å². The van der Waals surface area contributed by atoms with E-state index in [9.17, 15) is 4.79 Å². The van der Waals surface area contributed by atoms with Crippen molar-refractivity contribution in [3.8, 4) is 5.75 Å². The summed E-state index contributed by atoms with van der Waals surface area (Å²) in [6.07, 6.45) is 0.725. The topological polar surface area (TPSA) is 50.8 Å². The molecule has 5 heteroatoms. The molecule has 1 aliphatic heterocycles. The van der Waals surface area contributed by atoms with Gasteiger partial charge in [0.1, 0.15) is 5.75 Å². The van der Waals surface area contributed by atoms with Crippen molar-refractivity contribution in [2.75, 3.05) is 30.4 Å². The predicted molar refractivity (Wildman–Crippen MR) is 104 cm³/mol. The molecule has 2 unspecified atom stereocenters. The quantitative estimate of drug-likeness (QED) is 0.893. The number of amides is 1. The Morgan fingerprint density at radius 3 is 2.42 bits per heavy atom. The maximum absolute atomic E-state index is 12.3. The summed E-state index contributed by atoms with van der Waals surface area (Å²) >= 11 is 0. The van der Waals surface area contributed by atoms with Crippen molar-refractivity contribution in [2.24, 2.45) is 0 Å². The molecule has 1 N–H and O–H groups in total. The maximum Gasteiger partial charge on any atom is 0.228 e.